The largest absolute Gasteiger partial charge is 0.304 e. The normalized spacial score (nSPS) is 36.0. The molecule has 0 amide bonds. The maximum absolute atomic E-state index is 2.92. The van der Waals surface area contributed by atoms with Gasteiger partial charge in [0.1, 0.15) is 0 Å². The molecule has 3 heterocycles. The molecule has 1 unspecified atom stereocenters. The zero-order valence-corrected chi connectivity index (χ0v) is 13.1. The van der Waals surface area contributed by atoms with Crippen molar-refractivity contribution < 1.29 is 0 Å². The van der Waals surface area contributed by atoms with Crippen LogP contribution in [0.1, 0.15) is 46.0 Å². The summed E-state index contributed by atoms with van der Waals surface area (Å²) < 4.78 is 0. The highest BCUT2D eigenvalue weighted by atomic mass is 15.3. The molecule has 0 aromatic carbocycles. The molecule has 0 aliphatic carbocycles. The Morgan fingerprint density at radius 1 is 1.00 bits per heavy atom. The third-order valence-corrected chi connectivity index (χ3v) is 5.84. The smallest absolute Gasteiger partial charge is 0.0351 e. The van der Waals surface area contributed by atoms with Gasteiger partial charge in [-0.3, -0.25) is 4.90 Å². The van der Waals surface area contributed by atoms with Crippen molar-refractivity contribution in [1.82, 2.24) is 14.7 Å². The van der Waals surface area contributed by atoms with Crippen LogP contribution in [-0.4, -0.2) is 72.1 Å². The Morgan fingerprint density at radius 3 is 2.32 bits per heavy atom. The van der Waals surface area contributed by atoms with Crippen LogP contribution in [0.25, 0.3) is 0 Å². The maximum Gasteiger partial charge on any atom is 0.0351 e. The van der Waals surface area contributed by atoms with Gasteiger partial charge in [0.25, 0.3) is 0 Å². The van der Waals surface area contributed by atoms with Crippen molar-refractivity contribution in [3.63, 3.8) is 0 Å². The van der Waals surface area contributed by atoms with Gasteiger partial charge >= 0.3 is 0 Å². The topological polar surface area (TPSA) is 9.72 Å². The summed E-state index contributed by atoms with van der Waals surface area (Å²) in [6, 6.07) is 1.59. The van der Waals surface area contributed by atoms with Gasteiger partial charge in [0, 0.05) is 24.2 Å². The average molecular weight is 265 g/mol. The van der Waals surface area contributed by atoms with Gasteiger partial charge in [-0.1, -0.05) is 0 Å². The third-order valence-electron chi connectivity index (χ3n) is 5.84. The molecular weight excluding hydrogens is 234 g/mol. The van der Waals surface area contributed by atoms with E-state index in [4.69, 9.17) is 0 Å². The number of likely N-dealkylation sites (tertiary alicyclic amines) is 3. The third kappa shape index (κ3) is 2.57. The van der Waals surface area contributed by atoms with Crippen LogP contribution in [-0.2, 0) is 0 Å². The summed E-state index contributed by atoms with van der Waals surface area (Å²) in [5.41, 5.74) is 0.555. The Bertz CT molecular complexity index is 309. The molecule has 0 saturated carbocycles. The molecule has 3 fully saturated rings. The van der Waals surface area contributed by atoms with E-state index in [0.29, 0.717) is 5.54 Å². The zero-order valence-electron chi connectivity index (χ0n) is 13.1. The summed E-state index contributed by atoms with van der Waals surface area (Å²) in [5.74, 6) is 0. The predicted molar refractivity (Wildman–Crippen MR) is 80.5 cm³/mol. The van der Waals surface area contributed by atoms with Crippen LogP contribution in [0.3, 0.4) is 0 Å². The van der Waals surface area contributed by atoms with E-state index in [-0.39, 0.29) is 0 Å². The Labute approximate surface area is 118 Å². The van der Waals surface area contributed by atoms with Gasteiger partial charge in [0.05, 0.1) is 0 Å². The van der Waals surface area contributed by atoms with Gasteiger partial charge in [-0.05, 0) is 79.2 Å². The van der Waals surface area contributed by atoms with Gasteiger partial charge in [-0.2, -0.15) is 0 Å². The number of likely N-dealkylation sites (N-methyl/N-ethyl adjacent to an activating group) is 1. The molecule has 0 radical (unpaired) electrons. The standard InChI is InChI=1S/C16H31N3/c1-14(2)18-10-5-15(6-11-18)19-9-4-7-16(19)8-12-17(3)13-16/h14-15H,4-13H2,1-3H3. The van der Waals surface area contributed by atoms with Crippen molar-refractivity contribution in [2.24, 2.45) is 0 Å². The lowest BCUT2D eigenvalue weighted by molar-refractivity contribution is 0.0417. The molecular formula is C16H31N3. The fourth-order valence-electron chi connectivity index (χ4n) is 4.74. The molecule has 3 aliphatic rings. The summed E-state index contributed by atoms with van der Waals surface area (Å²) >= 11 is 0. The van der Waals surface area contributed by atoms with Crippen LogP contribution in [0, 0.1) is 0 Å². The highest BCUT2D eigenvalue weighted by Gasteiger charge is 2.47. The molecule has 3 saturated heterocycles. The van der Waals surface area contributed by atoms with Crippen LogP contribution in [0.2, 0.25) is 0 Å². The van der Waals surface area contributed by atoms with Gasteiger partial charge < -0.3 is 9.80 Å². The average Bonchev–Trinajstić information content (AvgIpc) is 2.97. The predicted octanol–water partition coefficient (Wildman–Crippen LogP) is 2.03. The summed E-state index contributed by atoms with van der Waals surface area (Å²) in [5, 5.41) is 0. The second kappa shape index (κ2) is 5.34. The van der Waals surface area contributed by atoms with E-state index >= 15 is 0 Å². The van der Waals surface area contributed by atoms with Gasteiger partial charge in [0.15, 0.2) is 0 Å². The van der Waals surface area contributed by atoms with Crippen LogP contribution in [0.4, 0.5) is 0 Å². The minimum atomic E-state index is 0.555. The summed E-state index contributed by atoms with van der Waals surface area (Å²) in [6.07, 6.45) is 7.07. The first-order valence-electron chi connectivity index (χ1n) is 8.30. The first kappa shape index (κ1) is 13.8. The Hall–Kier alpha value is -0.120. The van der Waals surface area contributed by atoms with Gasteiger partial charge in [-0.15, -0.1) is 0 Å². The lowest BCUT2D eigenvalue weighted by Gasteiger charge is -2.45. The summed E-state index contributed by atoms with van der Waals surface area (Å²) in [6.45, 7) is 11.3. The van der Waals surface area contributed by atoms with E-state index in [1.165, 1.54) is 64.8 Å². The van der Waals surface area contributed by atoms with Crippen molar-refractivity contribution in [2.45, 2.75) is 63.6 Å². The van der Waals surface area contributed by atoms with E-state index in [1.54, 1.807) is 0 Å². The van der Waals surface area contributed by atoms with E-state index in [1.807, 2.05) is 0 Å². The number of rotatable bonds is 2. The number of hydrogen-bond acceptors (Lipinski definition) is 3. The molecule has 1 atom stereocenters. The van der Waals surface area contributed by atoms with Crippen LogP contribution < -0.4 is 0 Å². The summed E-state index contributed by atoms with van der Waals surface area (Å²) in [4.78, 5) is 8.12. The van der Waals surface area contributed by atoms with Crippen LogP contribution in [0.5, 0.6) is 0 Å². The first-order valence-corrected chi connectivity index (χ1v) is 8.30. The van der Waals surface area contributed by atoms with Crippen molar-refractivity contribution in [3.05, 3.63) is 0 Å². The lowest BCUT2D eigenvalue weighted by Crippen LogP contribution is -2.54. The highest BCUT2D eigenvalue weighted by molar-refractivity contribution is 5.04. The van der Waals surface area contributed by atoms with Crippen LogP contribution in [0.15, 0.2) is 0 Å². The maximum atomic E-state index is 2.92. The molecule has 110 valence electrons. The minimum absolute atomic E-state index is 0.555. The molecule has 19 heavy (non-hydrogen) atoms. The van der Waals surface area contributed by atoms with E-state index < -0.39 is 0 Å². The molecule has 0 aromatic rings. The highest BCUT2D eigenvalue weighted by Crippen LogP contribution is 2.40. The lowest BCUT2D eigenvalue weighted by atomic mass is 9.91. The van der Waals surface area contributed by atoms with Gasteiger partial charge in [-0.25, -0.2) is 0 Å². The zero-order chi connectivity index (χ0) is 13.5. The Morgan fingerprint density at radius 2 is 1.74 bits per heavy atom. The quantitative estimate of drug-likeness (QED) is 0.756. The van der Waals surface area contributed by atoms with Crippen molar-refractivity contribution in [2.75, 3.05) is 39.8 Å². The molecule has 3 rings (SSSR count). The molecule has 0 bridgehead atoms. The minimum Gasteiger partial charge on any atom is -0.304 e. The van der Waals surface area contributed by atoms with Crippen molar-refractivity contribution in [3.8, 4) is 0 Å². The molecule has 0 aromatic heterocycles. The fourth-order valence-corrected chi connectivity index (χ4v) is 4.74. The van der Waals surface area contributed by atoms with Crippen molar-refractivity contribution in [1.29, 1.82) is 0 Å². The molecule has 1 spiro atoms. The summed E-state index contributed by atoms with van der Waals surface area (Å²) in [7, 11) is 2.30. The number of hydrogen-bond donors (Lipinski definition) is 0. The number of nitrogens with zero attached hydrogens (tertiary/aromatic N) is 3. The van der Waals surface area contributed by atoms with Crippen molar-refractivity contribution >= 4 is 0 Å². The van der Waals surface area contributed by atoms with Crippen LogP contribution >= 0.6 is 0 Å². The first-order chi connectivity index (χ1) is 9.11. The number of piperidine rings is 1. The van der Waals surface area contributed by atoms with E-state index in [9.17, 15) is 0 Å². The Kier molecular flexibility index (Phi) is 3.89. The van der Waals surface area contributed by atoms with E-state index in [0.717, 1.165) is 12.1 Å². The molecule has 3 aliphatic heterocycles. The SMILES string of the molecule is CC(C)N1CCC(N2CCCC23CCN(C)C3)CC1. The van der Waals surface area contributed by atoms with Gasteiger partial charge in [0.2, 0.25) is 0 Å². The fraction of sp³-hybridized carbons (Fsp3) is 1.00. The Balaban J connectivity index is 1.63. The second-order valence-corrected chi connectivity index (χ2v) is 7.37. The molecule has 3 nitrogen and oxygen atoms in total. The second-order valence-electron chi connectivity index (χ2n) is 7.37. The van der Waals surface area contributed by atoms with E-state index in [2.05, 4.69) is 35.6 Å². The monoisotopic (exact) mass is 265 g/mol. The molecule has 3 heteroatoms. The molecule has 0 N–H and O–H groups in total.